The number of nitrogens with zero attached hydrogens (tertiary/aromatic N) is 4. The largest absolute Gasteiger partial charge is 0.486 e. The molecule has 1 aliphatic carbocycles. The maximum atomic E-state index is 12.5. The van der Waals surface area contributed by atoms with Gasteiger partial charge in [-0.3, -0.25) is 4.98 Å². The van der Waals surface area contributed by atoms with E-state index in [1.807, 2.05) is 62.7 Å². The molecule has 5 rings (SSSR count). The summed E-state index contributed by atoms with van der Waals surface area (Å²) in [5, 5.41) is 13.6. The molecule has 1 N–H and O–H groups in total. The number of aliphatic hydroxyl groups is 1. The molecule has 1 saturated carbocycles. The van der Waals surface area contributed by atoms with Gasteiger partial charge in [0.2, 0.25) is 5.75 Å². The summed E-state index contributed by atoms with van der Waals surface area (Å²) in [5.74, 6) is 2.12. The van der Waals surface area contributed by atoms with Crippen molar-refractivity contribution < 1.29 is 14.6 Å². The van der Waals surface area contributed by atoms with Gasteiger partial charge in [-0.15, -0.1) is 0 Å². The van der Waals surface area contributed by atoms with E-state index in [1.54, 1.807) is 13.3 Å². The highest BCUT2D eigenvalue weighted by Crippen LogP contribution is 2.44. The van der Waals surface area contributed by atoms with E-state index in [4.69, 9.17) is 21.1 Å². The van der Waals surface area contributed by atoms with Crippen LogP contribution >= 0.6 is 11.6 Å². The van der Waals surface area contributed by atoms with Gasteiger partial charge in [0.05, 0.1) is 36.1 Å². The number of ether oxygens (including phenoxy) is 2. The Bertz CT molecular complexity index is 1430. The van der Waals surface area contributed by atoms with Crippen LogP contribution < -0.4 is 9.47 Å². The van der Waals surface area contributed by atoms with E-state index in [0.717, 1.165) is 30.1 Å². The Kier molecular flexibility index (Phi) is 5.93. The topological polar surface area (TPSA) is 82.3 Å². The summed E-state index contributed by atoms with van der Waals surface area (Å²) in [5.41, 5.74) is 2.68. The first-order chi connectivity index (χ1) is 16.7. The fourth-order valence-corrected chi connectivity index (χ4v) is 4.80. The standard InChI is InChI=1S/C27H29ClN4O3/c1-15-6-10-21(16(2)30-15)27(33,23-13-29-17(3)32(23)4)19-9-11-22-20(12-19)24(28)25(26(31-22)34-5)35-14-18-7-8-18/h6,9-13,18,33H,7-8,14H2,1-5H3. The molecule has 35 heavy (non-hydrogen) atoms. The molecule has 0 amide bonds. The molecule has 1 atom stereocenters. The summed E-state index contributed by atoms with van der Waals surface area (Å²) in [4.78, 5) is 13.7. The van der Waals surface area contributed by atoms with Gasteiger partial charge in [0.1, 0.15) is 5.82 Å². The van der Waals surface area contributed by atoms with Gasteiger partial charge in [-0.25, -0.2) is 9.97 Å². The average molecular weight is 493 g/mol. The quantitative estimate of drug-likeness (QED) is 0.390. The van der Waals surface area contributed by atoms with Crippen LogP contribution in [-0.2, 0) is 12.6 Å². The second-order valence-electron chi connectivity index (χ2n) is 9.30. The molecule has 3 aromatic heterocycles. The highest BCUT2D eigenvalue weighted by Gasteiger charge is 2.39. The number of halogens is 1. The predicted molar refractivity (Wildman–Crippen MR) is 135 cm³/mol. The summed E-state index contributed by atoms with van der Waals surface area (Å²) in [7, 11) is 3.45. The summed E-state index contributed by atoms with van der Waals surface area (Å²) >= 11 is 6.87. The lowest BCUT2D eigenvalue weighted by Gasteiger charge is -2.31. The van der Waals surface area contributed by atoms with E-state index in [9.17, 15) is 5.11 Å². The van der Waals surface area contributed by atoms with Crippen molar-refractivity contribution in [1.82, 2.24) is 19.5 Å². The lowest BCUT2D eigenvalue weighted by molar-refractivity contribution is 0.116. The Morgan fingerprint density at radius 2 is 1.91 bits per heavy atom. The highest BCUT2D eigenvalue weighted by atomic mass is 35.5. The molecular formula is C27H29ClN4O3. The Labute approximate surface area is 209 Å². The molecule has 0 bridgehead atoms. The number of hydrogen-bond donors (Lipinski definition) is 1. The van der Waals surface area contributed by atoms with Crippen molar-refractivity contribution in [2.75, 3.05) is 13.7 Å². The zero-order valence-electron chi connectivity index (χ0n) is 20.6. The molecule has 0 radical (unpaired) electrons. The van der Waals surface area contributed by atoms with Crippen molar-refractivity contribution >= 4 is 22.5 Å². The van der Waals surface area contributed by atoms with Crippen LogP contribution in [0.5, 0.6) is 11.6 Å². The Morgan fingerprint density at radius 1 is 1.14 bits per heavy atom. The van der Waals surface area contributed by atoms with Gasteiger partial charge >= 0.3 is 0 Å². The second-order valence-corrected chi connectivity index (χ2v) is 9.67. The van der Waals surface area contributed by atoms with Crippen LogP contribution in [0.3, 0.4) is 0 Å². The highest BCUT2D eigenvalue weighted by molar-refractivity contribution is 6.37. The van der Waals surface area contributed by atoms with Crippen molar-refractivity contribution in [3.8, 4) is 11.6 Å². The molecule has 7 nitrogen and oxygen atoms in total. The summed E-state index contributed by atoms with van der Waals surface area (Å²) in [6, 6.07) is 9.39. The number of methoxy groups -OCH3 is 1. The van der Waals surface area contributed by atoms with Crippen molar-refractivity contribution in [1.29, 1.82) is 0 Å². The summed E-state index contributed by atoms with van der Waals surface area (Å²) < 4.78 is 13.4. The van der Waals surface area contributed by atoms with Crippen LogP contribution in [0.1, 0.15) is 46.9 Å². The van der Waals surface area contributed by atoms with Gasteiger partial charge < -0.3 is 19.1 Å². The minimum Gasteiger partial charge on any atom is -0.486 e. The lowest BCUT2D eigenvalue weighted by Crippen LogP contribution is -2.32. The van der Waals surface area contributed by atoms with Crippen LogP contribution in [0.4, 0.5) is 0 Å². The van der Waals surface area contributed by atoms with Gasteiger partial charge in [0.25, 0.3) is 5.88 Å². The third kappa shape index (κ3) is 4.02. The second kappa shape index (κ2) is 8.81. The number of benzene rings is 1. The molecule has 1 aliphatic rings. The Hall–Kier alpha value is -3.16. The minimum atomic E-state index is -1.52. The van der Waals surface area contributed by atoms with E-state index < -0.39 is 5.60 Å². The monoisotopic (exact) mass is 492 g/mol. The van der Waals surface area contributed by atoms with E-state index in [1.165, 1.54) is 0 Å². The van der Waals surface area contributed by atoms with E-state index in [2.05, 4.69) is 15.0 Å². The lowest BCUT2D eigenvalue weighted by atomic mass is 9.82. The number of aryl methyl sites for hydroxylation is 3. The zero-order valence-corrected chi connectivity index (χ0v) is 21.3. The van der Waals surface area contributed by atoms with Crippen molar-refractivity contribution in [3.63, 3.8) is 0 Å². The van der Waals surface area contributed by atoms with Crippen LogP contribution in [0.15, 0.2) is 36.5 Å². The minimum absolute atomic E-state index is 0.354. The third-order valence-electron chi connectivity index (χ3n) is 6.83. The third-order valence-corrected chi connectivity index (χ3v) is 7.20. The fraction of sp³-hybridized carbons (Fsp3) is 0.370. The zero-order chi connectivity index (χ0) is 24.9. The molecule has 0 spiro atoms. The number of hydrogen-bond acceptors (Lipinski definition) is 6. The SMILES string of the molecule is COc1nc2ccc(C(O)(c3ccc(C)nc3C)c3cnc(C)n3C)cc2c(Cl)c1OCC1CC1. The van der Waals surface area contributed by atoms with E-state index >= 15 is 0 Å². The van der Waals surface area contributed by atoms with Crippen molar-refractivity contribution in [2.45, 2.75) is 39.2 Å². The van der Waals surface area contributed by atoms with Crippen molar-refractivity contribution in [2.24, 2.45) is 13.0 Å². The number of imidazole rings is 1. The van der Waals surface area contributed by atoms with Gasteiger partial charge in [0, 0.05) is 29.4 Å². The van der Waals surface area contributed by atoms with Gasteiger partial charge in [0.15, 0.2) is 5.60 Å². The van der Waals surface area contributed by atoms with Gasteiger partial charge in [-0.1, -0.05) is 23.7 Å². The first-order valence-corrected chi connectivity index (χ1v) is 12.1. The number of pyridine rings is 2. The first-order valence-electron chi connectivity index (χ1n) is 11.7. The molecule has 1 fully saturated rings. The predicted octanol–water partition coefficient (Wildman–Crippen LogP) is 5.02. The smallest absolute Gasteiger partial charge is 0.258 e. The van der Waals surface area contributed by atoms with Crippen LogP contribution in [-0.4, -0.2) is 38.3 Å². The van der Waals surface area contributed by atoms with Crippen LogP contribution in [0.2, 0.25) is 5.02 Å². The number of fused-ring (bicyclic) bond motifs is 1. The molecule has 1 aromatic carbocycles. The molecule has 4 aromatic rings. The van der Waals surface area contributed by atoms with Crippen molar-refractivity contribution in [3.05, 3.63) is 75.6 Å². The van der Waals surface area contributed by atoms with Gasteiger partial charge in [-0.05, 0) is 63.3 Å². The number of rotatable bonds is 7. The van der Waals surface area contributed by atoms with Gasteiger partial charge in [-0.2, -0.15) is 0 Å². The normalized spacial score (nSPS) is 15.3. The van der Waals surface area contributed by atoms with Crippen LogP contribution in [0, 0.1) is 26.7 Å². The maximum Gasteiger partial charge on any atom is 0.258 e. The van der Waals surface area contributed by atoms with E-state index in [-0.39, 0.29) is 0 Å². The molecule has 0 saturated heterocycles. The average Bonchev–Trinajstić information content (AvgIpc) is 3.61. The first kappa shape index (κ1) is 23.6. The maximum absolute atomic E-state index is 12.5. The molecular weight excluding hydrogens is 464 g/mol. The summed E-state index contributed by atoms with van der Waals surface area (Å²) in [6.07, 6.45) is 4.02. The molecule has 1 unspecified atom stereocenters. The Balaban J connectivity index is 1.73. The van der Waals surface area contributed by atoms with E-state index in [0.29, 0.717) is 56.9 Å². The number of aromatic nitrogens is 4. The molecule has 0 aliphatic heterocycles. The fourth-order valence-electron chi connectivity index (χ4n) is 4.51. The molecule has 182 valence electrons. The van der Waals surface area contributed by atoms with Crippen LogP contribution in [0.25, 0.3) is 10.9 Å². The summed E-state index contributed by atoms with van der Waals surface area (Å²) in [6.45, 7) is 6.32. The molecule has 8 heteroatoms. The Morgan fingerprint density at radius 3 is 2.54 bits per heavy atom. The molecule has 3 heterocycles.